The van der Waals surface area contributed by atoms with Gasteiger partial charge in [-0.25, -0.2) is 0 Å². The molecule has 0 spiro atoms. The van der Waals surface area contributed by atoms with Crippen LogP contribution < -0.4 is 21.5 Å². The van der Waals surface area contributed by atoms with Crippen molar-refractivity contribution in [2.45, 2.75) is 13.3 Å². The summed E-state index contributed by atoms with van der Waals surface area (Å²) in [6, 6.07) is 8.09. The number of hydrogen-bond acceptors (Lipinski definition) is 2. The van der Waals surface area contributed by atoms with Crippen molar-refractivity contribution in [2.24, 2.45) is 0 Å². The largest absolute Gasteiger partial charge is 0.358 e. The van der Waals surface area contributed by atoms with Crippen molar-refractivity contribution in [2.75, 3.05) is 11.9 Å². The Balaban J connectivity index is 2.38. The van der Waals surface area contributed by atoms with Gasteiger partial charge in [-0.15, -0.1) is 6.58 Å². The Morgan fingerprint density at radius 1 is 1.26 bits per heavy atom. The van der Waals surface area contributed by atoms with Crippen LogP contribution >= 0.6 is 24.4 Å². The van der Waals surface area contributed by atoms with Gasteiger partial charge in [-0.05, 0) is 48.6 Å². The Morgan fingerprint density at radius 2 is 2.00 bits per heavy atom. The van der Waals surface area contributed by atoms with Crippen LogP contribution in [0, 0.1) is 0 Å². The van der Waals surface area contributed by atoms with Gasteiger partial charge in [0.1, 0.15) is 0 Å². The summed E-state index contributed by atoms with van der Waals surface area (Å²) in [4.78, 5) is 0. The summed E-state index contributed by atoms with van der Waals surface area (Å²) in [7, 11) is 0. The molecular formula is C13H18N4S2. The van der Waals surface area contributed by atoms with Crippen LogP contribution in [0.15, 0.2) is 36.9 Å². The topological polar surface area (TPSA) is 48.1 Å². The molecule has 0 saturated heterocycles. The summed E-state index contributed by atoms with van der Waals surface area (Å²) >= 11 is 10.2. The Kier molecular flexibility index (Phi) is 6.84. The monoisotopic (exact) mass is 294 g/mol. The van der Waals surface area contributed by atoms with Crippen LogP contribution in [-0.2, 0) is 6.42 Å². The van der Waals surface area contributed by atoms with E-state index in [1.54, 1.807) is 6.08 Å². The zero-order valence-electron chi connectivity index (χ0n) is 10.8. The first-order valence-corrected chi connectivity index (χ1v) is 6.78. The van der Waals surface area contributed by atoms with E-state index >= 15 is 0 Å². The lowest BCUT2D eigenvalue weighted by atomic mass is 10.1. The third kappa shape index (κ3) is 6.17. The highest BCUT2D eigenvalue weighted by Crippen LogP contribution is 2.10. The van der Waals surface area contributed by atoms with Crippen molar-refractivity contribution in [3.63, 3.8) is 0 Å². The second kappa shape index (κ2) is 8.44. The molecule has 0 saturated carbocycles. The minimum atomic E-state index is 0.455. The van der Waals surface area contributed by atoms with Crippen LogP contribution in [-0.4, -0.2) is 16.8 Å². The van der Waals surface area contributed by atoms with E-state index in [9.17, 15) is 0 Å². The molecule has 4 N–H and O–H groups in total. The van der Waals surface area contributed by atoms with Crippen molar-refractivity contribution >= 4 is 40.3 Å². The Bertz CT molecular complexity index is 460. The van der Waals surface area contributed by atoms with E-state index in [0.717, 1.165) is 12.1 Å². The SMILES string of the molecule is C=CCNC(=S)NNC(=S)Nc1cccc(CC)c1. The zero-order valence-corrected chi connectivity index (χ0v) is 12.5. The van der Waals surface area contributed by atoms with Crippen molar-refractivity contribution in [1.29, 1.82) is 0 Å². The average molecular weight is 294 g/mol. The van der Waals surface area contributed by atoms with Crippen molar-refractivity contribution in [3.8, 4) is 0 Å². The quantitative estimate of drug-likeness (QED) is 0.388. The minimum absolute atomic E-state index is 0.455. The molecule has 0 aliphatic heterocycles. The number of anilines is 1. The van der Waals surface area contributed by atoms with Crippen molar-refractivity contribution in [1.82, 2.24) is 16.2 Å². The maximum atomic E-state index is 5.15. The van der Waals surface area contributed by atoms with Gasteiger partial charge in [-0.3, -0.25) is 10.9 Å². The normalized spacial score (nSPS) is 9.32. The molecule has 0 bridgehead atoms. The molecule has 0 aromatic heterocycles. The average Bonchev–Trinajstić information content (AvgIpc) is 2.43. The molecule has 0 amide bonds. The molecule has 0 unspecified atom stereocenters. The second-order valence-electron chi connectivity index (χ2n) is 3.76. The van der Waals surface area contributed by atoms with Gasteiger partial charge >= 0.3 is 0 Å². The molecule has 19 heavy (non-hydrogen) atoms. The van der Waals surface area contributed by atoms with Gasteiger partial charge in [0.2, 0.25) is 0 Å². The van der Waals surface area contributed by atoms with Gasteiger partial charge in [-0.1, -0.05) is 25.1 Å². The summed E-state index contributed by atoms with van der Waals surface area (Å²) < 4.78 is 0. The van der Waals surface area contributed by atoms with Crippen LogP contribution in [0.3, 0.4) is 0 Å². The summed E-state index contributed by atoms with van der Waals surface area (Å²) in [6.07, 6.45) is 2.71. The van der Waals surface area contributed by atoms with Crippen LogP contribution in [0.1, 0.15) is 12.5 Å². The van der Waals surface area contributed by atoms with Gasteiger partial charge in [0, 0.05) is 12.2 Å². The lowest BCUT2D eigenvalue weighted by molar-refractivity contribution is 0.839. The molecule has 0 heterocycles. The predicted molar refractivity (Wildman–Crippen MR) is 89.1 cm³/mol. The van der Waals surface area contributed by atoms with Gasteiger partial charge in [0.05, 0.1) is 0 Å². The van der Waals surface area contributed by atoms with Crippen LogP contribution in [0.4, 0.5) is 5.69 Å². The van der Waals surface area contributed by atoms with E-state index in [-0.39, 0.29) is 0 Å². The highest BCUT2D eigenvalue weighted by Gasteiger charge is 1.99. The molecule has 1 aromatic rings. The van der Waals surface area contributed by atoms with E-state index in [1.165, 1.54) is 5.56 Å². The number of nitrogens with one attached hydrogen (secondary N) is 4. The molecular weight excluding hydrogens is 276 g/mol. The van der Waals surface area contributed by atoms with Crippen LogP contribution in [0.2, 0.25) is 0 Å². The number of hydrogen-bond donors (Lipinski definition) is 4. The van der Waals surface area contributed by atoms with E-state index in [1.807, 2.05) is 12.1 Å². The maximum Gasteiger partial charge on any atom is 0.189 e. The summed E-state index contributed by atoms with van der Waals surface area (Å²) in [5, 5.41) is 6.92. The summed E-state index contributed by atoms with van der Waals surface area (Å²) in [5.74, 6) is 0. The van der Waals surface area contributed by atoms with Crippen molar-refractivity contribution < 1.29 is 0 Å². The Labute approximate surface area is 124 Å². The first kappa shape index (κ1) is 15.4. The number of aryl methyl sites for hydroxylation is 1. The number of thiocarbonyl (C=S) groups is 2. The third-order valence-corrected chi connectivity index (χ3v) is 2.74. The number of benzene rings is 1. The Morgan fingerprint density at radius 3 is 2.68 bits per heavy atom. The van der Waals surface area contributed by atoms with Crippen molar-refractivity contribution in [3.05, 3.63) is 42.5 Å². The second-order valence-corrected chi connectivity index (χ2v) is 4.57. The fourth-order valence-corrected chi connectivity index (χ4v) is 1.66. The lowest BCUT2D eigenvalue weighted by Crippen LogP contribution is -2.48. The van der Waals surface area contributed by atoms with E-state index in [0.29, 0.717) is 16.8 Å². The standard InChI is InChI=1S/C13H18N4S2/c1-3-8-14-12(18)16-17-13(19)15-11-7-5-6-10(4-2)9-11/h3,5-7,9H,1,4,8H2,2H3,(H2,14,16,18)(H2,15,17,19). The van der Waals surface area contributed by atoms with Gasteiger partial charge in [0.15, 0.2) is 10.2 Å². The molecule has 4 nitrogen and oxygen atoms in total. The molecule has 0 radical (unpaired) electrons. The molecule has 0 aliphatic carbocycles. The molecule has 0 fully saturated rings. The number of rotatable bonds is 4. The first-order valence-electron chi connectivity index (χ1n) is 5.96. The Hall–Kier alpha value is -1.66. The molecule has 102 valence electrons. The molecule has 0 atom stereocenters. The first-order chi connectivity index (χ1) is 9.15. The predicted octanol–water partition coefficient (Wildman–Crippen LogP) is 2.10. The van der Waals surface area contributed by atoms with E-state index < -0.39 is 0 Å². The fraction of sp³-hybridized carbons (Fsp3) is 0.231. The van der Waals surface area contributed by atoms with Gasteiger partial charge in [0.25, 0.3) is 0 Å². The van der Waals surface area contributed by atoms with Crippen LogP contribution in [0.5, 0.6) is 0 Å². The van der Waals surface area contributed by atoms with Gasteiger partial charge in [-0.2, -0.15) is 0 Å². The summed E-state index contributed by atoms with van der Waals surface area (Å²) in [6.45, 7) is 6.31. The summed E-state index contributed by atoms with van der Waals surface area (Å²) in [5.41, 5.74) is 7.80. The fourth-order valence-electron chi connectivity index (χ4n) is 1.35. The van der Waals surface area contributed by atoms with E-state index in [2.05, 4.69) is 47.1 Å². The third-order valence-electron chi connectivity index (χ3n) is 2.29. The zero-order chi connectivity index (χ0) is 14.1. The minimum Gasteiger partial charge on any atom is -0.358 e. The smallest absolute Gasteiger partial charge is 0.189 e. The molecule has 1 rings (SSSR count). The van der Waals surface area contributed by atoms with E-state index in [4.69, 9.17) is 24.4 Å². The molecule has 0 aliphatic rings. The van der Waals surface area contributed by atoms with Gasteiger partial charge < -0.3 is 10.6 Å². The number of hydrazine groups is 1. The highest BCUT2D eigenvalue weighted by atomic mass is 32.1. The molecule has 1 aromatic carbocycles. The molecule has 6 heteroatoms. The maximum absolute atomic E-state index is 5.15. The highest BCUT2D eigenvalue weighted by molar-refractivity contribution is 7.80. The van der Waals surface area contributed by atoms with Crippen LogP contribution in [0.25, 0.3) is 0 Å². The lowest BCUT2D eigenvalue weighted by Gasteiger charge is -2.14.